The zero-order chi connectivity index (χ0) is 17.7. The molecule has 1 aliphatic rings. The summed E-state index contributed by atoms with van der Waals surface area (Å²) in [7, 11) is 0. The van der Waals surface area contributed by atoms with Crippen LogP contribution < -0.4 is 5.32 Å². The van der Waals surface area contributed by atoms with Crippen molar-refractivity contribution in [3.05, 3.63) is 34.9 Å². The SMILES string of the molecule is CC(C)NC(=O)C(=O)N1CCN(C(=O)Cc2ccc(Cl)cc2)CC1. The normalized spacial score (nSPS) is 14.7. The van der Waals surface area contributed by atoms with E-state index in [1.807, 2.05) is 12.1 Å². The molecule has 1 aromatic carbocycles. The Morgan fingerprint density at radius 3 is 2.12 bits per heavy atom. The predicted octanol–water partition coefficient (Wildman–Crippen LogP) is 1.08. The van der Waals surface area contributed by atoms with E-state index in [4.69, 9.17) is 11.6 Å². The number of nitrogens with one attached hydrogen (secondary N) is 1. The van der Waals surface area contributed by atoms with E-state index in [2.05, 4.69) is 5.32 Å². The van der Waals surface area contributed by atoms with Crippen LogP contribution in [0.15, 0.2) is 24.3 Å². The lowest BCUT2D eigenvalue weighted by atomic mass is 10.1. The summed E-state index contributed by atoms with van der Waals surface area (Å²) in [5, 5.41) is 3.23. The first-order valence-electron chi connectivity index (χ1n) is 7.99. The maximum atomic E-state index is 12.3. The van der Waals surface area contributed by atoms with Crippen molar-refractivity contribution in [2.45, 2.75) is 26.3 Å². The van der Waals surface area contributed by atoms with Crippen molar-refractivity contribution < 1.29 is 14.4 Å². The first-order valence-corrected chi connectivity index (χ1v) is 8.36. The summed E-state index contributed by atoms with van der Waals surface area (Å²) >= 11 is 5.83. The van der Waals surface area contributed by atoms with Crippen LogP contribution in [0, 0.1) is 0 Å². The van der Waals surface area contributed by atoms with E-state index >= 15 is 0 Å². The van der Waals surface area contributed by atoms with E-state index in [1.54, 1.807) is 30.9 Å². The Labute approximate surface area is 146 Å². The van der Waals surface area contributed by atoms with E-state index < -0.39 is 11.8 Å². The molecule has 0 unspecified atom stereocenters. The van der Waals surface area contributed by atoms with Gasteiger partial charge in [0.1, 0.15) is 0 Å². The number of piperazine rings is 1. The van der Waals surface area contributed by atoms with Gasteiger partial charge in [-0.15, -0.1) is 0 Å². The second-order valence-corrected chi connectivity index (χ2v) is 6.54. The maximum absolute atomic E-state index is 12.3. The van der Waals surface area contributed by atoms with Crippen LogP contribution >= 0.6 is 11.6 Å². The third-order valence-corrected chi connectivity index (χ3v) is 4.05. The summed E-state index contributed by atoms with van der Waals surface area (Å²) in [5.74, 6) is -1.12. The minimum Gasteiger partial charge on any atom is -0.346 e. The molecule has 0 saturated carbocycles. The van der Waals surface area contributed by atoms with Crippen LogP contribution in [0.2, 0.25) is 5.02 Å². The van der Waals surface area contributed by atoms with Gasteiger partial charge in [-0.2, -0.15) is 0 Å². The molecule has 0 radical (unpaired) electrons. The number of benzene rings is 1. The summed E-state index contributed by atoms with van der Waals surface area (Å²) in [6.07, 6.45) is 0.305. The van der Waals surface area contributed by atoms with Crippen LogP contribution in [0.5, 0.6) is 0 Å². The van der Waals surface area contributed by atoms with Gasteiger partial charge in [0.2, 0.25) is 5.91 Å². The highest BCUT2D eigenvalue weighted by Crippen LogP contribution is 2.12. The summed E-state index contributed by atoms with van der Waals surface area (Å²) in [6, 6.07) is 7.10. The number of hydrogen-bond acceptors (Lipinski definition) is 3. The lowest BCUT2D eigenvalue weighted by molar-refractivity contribution is -0.148. The van der Waals surface area contributed by atoms with Crippen molar-refractivity contribution in [2.24, 2.45) is 0 Å². The van der Waals surface area contributed by atoms with Gasteiger partial charge in [0.25, 0.3) is 0 Å². The number of nitrogens with zero attached hydrogens (tertiary/aromatic N) is 2. The molecule has 1 N–H and O–H groups in total. The molecule has 3 amide bonds. The van der Waals surface area contributed by atoms with Gasteiger partial charge in [-0.3, -0.25) is 14.4 Å². The Morgan fingerprint density at radius 1 is 1.04 bits per heavy atom. The van der Waals surface area contributed by atoms with Crippen LogP contribution in [0.4, 0.5) is 0 Å². The number of carbonyl (C=O) groups excluding carboxylic acids is 3. The molecule has 0 atom stereocenters. The molecule has 1 saturated heterocycles. The molecule has 1 aliphatic heterocycles. The van der Waals surface area contributed by atoms with Gasteiger partial charge in [0, 0.05) is 37.2 Å². The highest BCUT2D eigenvalue weighted by atomic mass is 35.5. The fourth-order valence-electron chi connectivity index (χ4n) is 2.52. The molecule has 7 heteroatoms. The first-order chi connectivity index (χ1) is 11.4. The van der Waals surface area contributed by atoms with Crippen molar-refractivity contribution in [1.29, 1.82) is 0 Å². The fraction of sp³-hybridized carbons (Fsp3) is 0.471. The van der Waals surface area contributed by atoms with Crippen LogP contribution in [0.1, 0.15) is 19.4 Å². The molecule has 0 aliphatic carbocycles. The largest absolute Gasteiger partial charge is 0.346 e. The Morgan fingerprint density at radius 2 is 1.58 bits per heavy atom. The van der Waals surface area contributed by atoms with Gasteiger partial charge in [0.05, 0.1) is 6.42 Å². The summed E-state index contributed by atoms with van der Waals surface area (Å²) in [6.45, 7) is 5.23. The quantitative estimate of drug-likeness (QED) is 0.828. The smallest absolute Gasteiger partial charge is 0.312 e. The van der Waals surface area contributed by atoms with E-state index in [9.17, 15) is 14.4 Å². The van der Waals surface area contributed by atoms with Crippen LogP contribution in [-0.4, -0.2) is 59.7 Å². The van der Waals surface area contributed by atoms with Gasteiger partial charge in [-0.05, 0) is 31.5 Å². The number of halogens is 1. The number of carbonyl (C=O) groups is 3. The molecular formula is C17H22ClN3O3. The van der Waals surface area contributed by atoms with Gasteiger partial charge in [-0.25, -0.2) is 0 Å². The van der Waals surface area contributed by atoms with Gasteiger partial charge < -0.3 is 15.1 Å². The van der Waals surface area contributed by atoms with Gasteiger partial charge in [0.15, 0.2) is 0 Å². The second-order valence-electron chi connectivity index (χ2n) is 6.10. The zero-order valence-corrected chi connectivity index (χ0v) is 14.7. The Balaban J connectivity index is 1.83. The maximum Gasteiger partial charge on any atom is 0.312 e. The second kappa shape index (κ2) is 8.15. The summed E-state index contributed by atoms with van der Waals surface area (Å²) in [5.41, 5.74) is 0.902. The van der Waals surface area contributed by atoms with Crippen LogP contribution in [0.3, 0.4) is 0 Å². The number of rotatable bonds is 3. The third-order valence-electron chi connectivity index (χ3n) is 3.80. The molecule has 1 heterocycles. The minimum absolute atomic E-state index is 0.0102. The molecule has 2 rings (SSSR count). The Kier molecular flexibility index (Phi) is 6.20. The lowest BCUT2D eigenvalue weighted by Gasteiger charge is -2.34. The average Bonchev–Trinajstić information content (AvgIpc) is 2.55. The van der Waals surface area contributed by atoms with E-state index in [0.29, 0.717) is 37.6 Å². The predicted molar refractivity (Wildman–Crippen MR) is 91.6 cm³/mol. The van der Waals surface area contributed by atoms with Gasteiger partial charge >= 0.3 is 11.8 Å². The Hall–Kier alpha value is -2.08. The Bertz CT molecular complexity index is 608. The standard InChI is InChI=1S/C17H22ClN3O3/c1-12(2)19-16(23)17(24)21-9-7-20(8-10-21)15(22)11-13-3-5-14(18)6-4-13/h3-6,12H,7-11H2,1-2H3,(H,19,23). The van der Waals surface area contributed by atoms with Crippen molar-refractivity contribution in [3.63, 3.8) is 0 Å². The molecule has 0 bridgehead atoms. The molecule has 1 aromatic rings. The highest BCUT2D eigenvalue weighted by Gasteiger charge is 2.27. The third kappa shape index (κ3) is 4.96. The molecule has 130 valence electrons. The molecule has 0 spiro atoms. The number of hydrogen-bond donors (Lipinski definition) is 1. The molecule has 24 heavy (non-hydrogen) atoms. The van der Waals surface area contributed by atoms with Crippen molar-refractivity contribution in [2.75, 3.05) is 26.2 Å². The minimum atomic E-state index is -0.592. The number of amides is 3. The molecule has 1 fully saturated rings. The molecule has 0 aromatic heterocycles. The average molecular weight is 352 g/mol. The fourth-order valence-corrected chi connectivity index (χ4v) is 2.64. The zero-order valence-electron chi connectivity index (χ0n) is 13.9. The monoisotopic (exact) mass is 351 g/mol. The highest BCUT2D eigenvalue weighted by molar-refractivity contribution is 6.35. The topological polar surface area (TPSA) is 69.7 Å². The molecular weight excluding hydrogens is 330 g/mol. The molecule has 6 nitrogen and oxygen atoms in total. The first kappa shape index (κ1) is 18.3. The lowest BCUT2D eigenvalue weighted by Crippen LogP contribution is -2.54. The van der Waals surface area contributed by atoms with Gasteiger partial charge in [-0.1, -0.05) is 23.7 Å². The van der Waals surface area contributed by atoms with Crippen molar-refractivity contribution in [1.82, 2.24) is 15.1 Å². The van der Waals surface area contributed by atoms with E-state index in [-0.39, 0.29) is 11.9 Å². The van der Waals surface area contributed by atoms with Crippen molar-refractivity contribution >= 4 is 29.3 Å². The summed E-state index contributed by atoms with van der Waals surface area (Å²) in [4.78, 5) is 39.3. The van der Waals surface area contributed by atoms with E-state index in [0.717, 1.165) is 5.56 Å². The van der Waals surface area contributed by atoms with Crippen LogP contribution in [0.25, 0.3) is 0 Å². The summed E-state index contributed by atoms with van der Waals surface area (Å²) < 4.78 is 0. The van der Waals surface area contributed by atoms with Crippen molar-refractivity contribution in [3.8, 4) is 0 Å². The van der Waals surface area contributed by atoms with E-state index in [1.165, 1.54) is 4.90 Å². The van der Waals surface area contributed by atoms with Crippen LogP contribution in [-0.2, 0) is 20.8 Å².